The van der Waals surface area contributed by atoms with Gasteiger partial charge in [-0.15, -0.1) is 10.2 Å². The van der Waals surface area contributed by atoms with Gasteiger partial charge in [0.25, 0.3) is 5.91 Å². The molecule has 6 nitrogen and oxygen atoms in total. The number of para-hydroxylation sites is 1. The standard InChI is InChI=1S/C29H21N5OS/c35-26(30-31-27-24-17-9-7-15-22(24)23-16-8-10-18-25(23)27)19-36-29-33-32-28(20-11-3-1-4-12-20)34(29)21-13-5-2-6-14-21/h1-18H,19H2,(H,30,35). The van der Waals surface area contributed by atoms with Crippen molar-refractivity contribution in [2.75, 3.05) is 5.75 Å². The molecule has 6 rings (SSSR count). The van der Waals surface area contributed by atoms with E-state index >= 15 is 0 Å². The number of aromatic nitrogens is 3. The van der Waals surface area contributed by atoms with Gasteiger partial charge in [0.1, 0.15) is 0 Å². The summed E-state index contributed by atoms with van der Waals surface area (Å²) in [5.74, 6) is 0.669. The number of thioether (sulfide) groups is 1. The second-order valence-corrected chi connectivity index (χ2v) is 9.16. The summed E-state index contributed by atoms with van der Waals surface area (Å²) in [5, 5.41) is 14.0. The fourth-order valence-corrected chi connectivity index (χ4v) is 5.09. The van der Waals surface area contributed by atoms with Gasteiger partial charge >= 0.3 is 0 Å². The van der Waals surface area contributed by atoms with Crippen molar-refractivity contribution in [3.05, 3.63) is 120 Å². The Hall–Kier alpha value is -4.49. The van der Waals surface area contributed by atoms with Gasteiger partial charge in [0, 0.05) is 22.4 Å². The van der Waals surface area contributed by atoms with Crippen LogP contribution in [0.1, 0.15) is 11.1 Å². The van der Waals surface area contributed by atoms with Crippen molar-refractivity contribution in [3.8, 4) is 28.2 Å². The Morgan fingerprint density at radius 2 is 1.28 bits per heavy atom. The van der Waals surface area contributed by atoms with Crippen LogP contribution in [0.4, 0.5) is 0 Å². The predicted molar refractivity (Wildman–Crippen MR) is 143 cm³/mol. The zero-order chi connectivity index (χ0) is 24.3. The molecule has 0 saturated heterocycles. The van der Waals surface area contributed by atoms with E-state index in [1.165, 1.54) is 11.8 Å². The Morgan fingerprint density at radius 1 is 0.722 bits per heavy atom. The van der Waals surface area contributed by atoms with Crippen LogP contribution in [0.3, 0.4) is 0 Å². The molecule has 1 aliphatic rings. The number of carbonyl (C=O) groups excluding carboxylic acids is 1. The van der Waals surface area contributed by atoms with Gasteiger partial charge in [0.2, 0.25) is 0 Å². The minimum absolute atomic E-state index is 0.153. The number of hydrogen-bond acceptors (Lipinski definition) is 5. The smallest absolute Gasteiger partial charge is 0.250 e. The number of rotatable bonds is 6. The van der Waals surface area contributed by atoms with E-state index in [9.17, 15) is 4.79 Å². The molecule has 0 bridgehead atoms. The van der Waals surface area contributed by atoms with Gasteiger partial charge < -0.3 is 0 Å². The van der Waals surface area contributed by atoms with Crippen molar-refractivity contribution in [1.82, 2.24) is 20.2 Å². The van der Waals surface area contributed by atoms with Gasteiger partial charge in [-0.2, -0.15) is 5.10 Å². The third-order valence-electron chi connectivity index (χ3n) is 5.96. The van der Waals surface area contributed by atoms with Crippen LogP contribution < -0.4 is 5.43 Å². The topological polar surface area (TPSA) is 72.2 Å². The fraction of sp³-hybridized carbons (Fsp3) is 0.0345. The maximum atomic E-state index is 12.8. The number of fused-ring (bicyclic) bond motifs is 3. The molecule has 5 aromatic rings. The number of amides is 1. The van der Waals surface area contributed by atoms with Crippen molar-refractivity contribution in [2.24, 2.45) is 5.10 Å². The highest BCUT2D eigenvalue weighted by molar-refractivity contribution is 7.99. The summed E-state index contributed by atoms with van der Waals surface area (Å²) in [5.41, 5.74) is 9.69. The lowest BCUT2D eigenvalue weighted by Gasteiger charge is -2.10. The lowest BCUT2D eigenvalue weighted by atomic mass is 10.1. The highest BCUT2D eigenvalue weighted by atomic mass is 32.2. The van der Waals surface area contributed by atoms with Crippen LogP contribution in [0.25, 0.3) is 28.2 Å². The molecule has 0 spiro atoms. The van der Waals surface area contributed by atoms with E-state index in [1.807, 2.05) is 102 Å². The van der Waals surface area contributed by atoms with Crippen molar-refractivity contribution in [1.29, 1.82) is 0 Å². The highest BCUT2D eigenvalue weighted by Crippen LogP contribution is 2.36. The maximum Gasteiger partial charge on any atom is 0.250 e. The SMILES string of the molecule is O=C(CSc1nnc(-c2ccccc2)n1-c1ccccc1)NN=C1c2ccccc2-c2ccccc21. The summed E-state index contributed by atoms with van der Waals surface area (Å²) in [4.78, 5) is 12.8. The Balaban J connectivity index is 1.24. The third kappa shape index (κ3) is 4.10. The summed E-state index contributed by atoms with van der Waals surface area (Å²) in [6, 6.07) is 36.0. The van der Waals surface area contributed by atoms with Gasteiger partial charge in [-0.05, 0) is 23.3 Å². The molecule has 1 N–H and O–H groups in total. The molecular weight excluding hydrogens is 466 g/mol. The highest BCUT2D eigenvalue weighted by Gasteiger charge is 2.24. The molecule has 36 heavy (non-hydrogen) atoms. The molecule has 0 radical (unpaired) electrons. The van der Waals surface area contributed by atoms with Gasteiger partial charge in [0.05, 0.1) is 11.5 Å². The molecule has 1 amide bonds. The predicted octanol–water partition coefficient (Wildman–Crippen LogP) is 5.58. The van der Waals surface area contributed by atoms with E-state index < -0.39 is 0 Å². The van der Waals surface area contributed by atoms with Crippen LogP contribution in [0, 0.1) is 0 Å². The van der Waals surface area contributed by atoms with Crippen LogP contribution in [0.2, 0.25) is 0 Å². The first-order valence-electron chi connectivity index (χ1n) is 11.5. The lowest BCUT2D eigenvalue weighted by Crippen LogP contribution is -2.22. The molecule has 0 unspecified atom stereocenters. The van der Waals surface area contributed by atoms with Crippen LogP contribution >= 0.6 is 11.8 Å². The molecule has 1 aromatic heterocycles. The summed E-state index contributed by atoms with van der Waals surface area (Å²) in [6.45, 7) is 0. The molecule has 4 aromatic carbocycles. The van der Waals surface area contributed by atoms with E-state index in [4.69, 9.17) is 0 Å². The molecule has 0 saturated carbocycles. The molecule has 0 fully saturated rings. The molecule has 174 valence electrons. The van der Waals surface area contributed by atoms with E-state index in [1.54, 1.807) is 0 Å². The Bertz CT molecular complexity index is 1530. The minimum Gasteiger partial charge on any atom is -0.272 e. The molecule has 1 aliphatic carbocycles. The zero-order valence-electron chi connectivity index (χ0n) is 19.2. The number of nitrogens with one attached hydrogen (secondary N) is 1. The monoisotopic (exact) mass is 487 g/mol. The number of hydrazone groups is 1. The van der Waals surface area contributed by atoms with Gasteiger partial charge in [-0.25, -0.2) is 5.43 Å². The van der Waals surface area contributed by atoms with Crippen LogP contribution in [-0.4, -0.2) is 32.1 Å². The van der Waals surface area contributed by atoms with Crippen molar-refractivity contribution in [2.45, 2.75) is 5.16 Å². The molecular formula is C29H21N5OS. The molecule has 0 atom stereocenters. The van der Waals surface area contributed by atoms with Crippen molar-refractivity contribution < 1.29 is 4.79 Å². The summed E-state index contributed by atoms with van der Waals surface area (Å²) in [6.07, 6.45) is 0. The van der Waals surface area contributed by atoms with E-state index in [0.717, 1.165) is 45.0 Å². The average molecular weight is 488 g/mol. The summed E-state index contributed by atoms with van der Waals surface area (Å²) >= 11 is 1.33. The third-order valence-corrected chi connectivity index (χ3v) is 6.89. The van der Waals surface area contributed by atoms with Crippen LogP contribution in [0.5, 0.6) is 0 Å². The van der Waals surface area contributed by atoms with Crippen LogP contribution in [0.15, 0.2) is 119 Å². The van der Waals surface area contributed by atoms with Crippen molar-refractivity contribution >= 4 is 23.4 Å². The molecule has 7 heteroatoms. The number of carbonyl (C=O) groups is 1. The largest absolute Gasteiger partial charge is 0.272 e. The van der Waals surface area contributed by atoms with Gasteiger partial charge in [0.15, 0.2) is 11.0 Å². The van der Waals surface area contributed by atoms with Gasteiger partial charge in [-0.1, -0.05) is 109 Å². The first kappa shape index (κ1) is 22.0. The molecule has 1 heterocycles. The van der Waals surface area contributed by atoms with E-state index in [0.29, 0.717) is 5.16 Å². The second-order valence-electron chi connectivity index (χ2n) is 8.22. The minimum atomic E-state index is -0.210. The number of nitrogens with zero attached hydrogens (tertiary/aromatic N) is 4. The van der Waals surface area contributed by atoms with Crippen LogP contribution in [-0.2, 0) is 4.79 Å². The quantitative estimate of drug-likeness (QED) is 0.246. The Kier molecular flexibility index (Phi) is 5.89. The summed E-state index contributed by atoms with van der Waals surface area (Å²) in [7, 11) is 0. The first-order valence-corrected chi connectivity index (χ1v) is 12.5. The number of hydrogen-bond donors (Lipinski definition) is 1. The fourth-order valence-electron chi connectivity index (χ4n) is 4.34. The zero-order valence-corrected chi connectivity index (χ0v) is 20.0. The van der Waals surface area contributed by atoms with Gasteiger partial charge in [-0.3, -0.25) is 9.36 Å². The Labute approximate surface area is 212 Å². The number of benzene rings is 4. The second kappa shape index (κ2) is 9.64. The molecule has 0 aliphatic heterocycles. The Morgan fingerprint density at radius 3 is 1.92 bits per heavy atom. The summed E-state index contributed by atoms with van der Waals surface area (Å²) < 4.78 is 1.97. The normalized spacial score (nSPS) is 11.6. The van der Waals surface area contributed by atoms with E-state index in [2.05, 4.69) is 32.9 Å². The maximum absolute atomic E-state index is 12.8. The lowest BCUT2D eigenvalue weighted by molar-refractivity contribution is -0.118. The van der Waals surface area contributed by atoms with Crippen molar-refractivity contribution in [3.63, 3.8) is 0 Å². The van der Waals surface area contributed by atoms with E-state index in [-0.39, 0.29) is 11.7 Å². The first-order chi connectivity index (χ1) is 17.8. The average Bonchev–Trinajstić information content (AvgIpc) is 3.51.